The van der Waals surface area contributed by atoms with Gasteiger partial charge in [0.2, 0.25) is 0 Å². The summed E-state index contributed by atoms with van der Waals surface area (Å²) in [5, 5.41) is 7.80. The standard InChI is InChI=1S/C25H26ClN3/c1-20(21-12-14-24(26)15-13-21)27-29-18-16-28(17-19-29)25(22-8-4-2-5-9-22)23-10-6-3-7-11-23/h2-15,25H,16-19H2,1H3/b27-20+. The highest BCUT2D eigenvalue weighted by molar-refractivity contribution is 6.30. The van der Waals surface area contributed by atoms with Crippen LogP contribution in [0.5, 0.6) is 0 Å². The zero-order valence-corrected chi connectivity index (χ0v) is 17.5. The normalized spacial score (nSPS) is 15.7. The summed E-state index contributed by atoms with van der Waals surface area (Å²) in [4.78, 5) is 2.56. The van der Waals surface area contributed by atoms with Crippen molar-refractivity contribution in [3.63, 3.8) is 0 Å². The number of nitrogens with zero attached hydrogens (tertiary/aromatic N) is 3. The molecular formula is C25H26ClN3. The van der Waals surface area contributed by atoms with Gasteiger partial charge < -0.3 is 0 Å². The Bertz CT molecular complexity index is 891. The summed E-state index contributed by atoms with van der Waals surface area (Å²) in [7, 11) is 0. The van der Waals surface area contributed by atoms with E-state index in [0.717, 1.165) is 42.5 Å². The molecule has 4 rings (SSSR count). The van der Waals surface area contributed by atoms with E-state index in [4.69, 9.17) is 16.7 Å². The fraction of sp³-hybridized carbons (Fsp3) is 0.240. The van der Waals surface area contributed by atoms with Crippen LogP contribution in [0.4, 0.5) is 0 Å². The third kappa shape index (κ3) is 4.87. The van der Waals surface area contributed by atoms with Gasteiger partial charge in [-0.05, 0) is 35.7 Å². The summed E-state index contributed by atoms with van der Waals surface area (Å²) < 4.78 is 0. The minimum absolute atomic E-state index is 0.279. The van der Waals surface area contributed by atoms with Crippen LogP contribution in [0, 0.1) is 0 Å². The third-order valence-corrected chi connectivity index (χ3v) is 5.69. The molecule has 0 bridgehead atoms. The lowest BCUT2D eigenvalue weighted by molar-refractivity contribution is 0.112. The van der Waals surface area contributed by atoms with Crippen molar-refractivity contribution in [3.05, 3.63) is 107 Å². The van der Waals surface area contributed by atoms with Gasteiger partial charge in [0.1, 0.15) is 0 Å². The molecule has 3 nitrogen and oxygen atoms in total. The Balaban J connectivity index is 1.48. The Kier molecular flexibility index (Phi) is 6.28. The van der Waals surface area contributed by atoms with Crippen LogP contribution in [0.1, 0.15) is 29.7 Å². The minimum Gasteiger partial charge on any atom is -0.294 e. The molecule has 29 heavy (non-hydrogen) atoms. The highest BCUT2D eigenvalue weighted by Crippen LogP contribution is 2.29. The molecule has 0 N–H and O–H groups in total. The molecule has 1 aliphatic rings. The lowest BCUT2D eigenvalue weighted by Gasteiger charge is -2.39. The van der Waals surface area contributed by atoms with Gasteiger partial charge >= 0.3 is 0 Å². The predicted molar refractivity (Wildman–Crippen MR) is 122 cm³/mol. The first kappa shape index (κ1) is 19.7. The van der Waals surface area contributed by atoms with E-state index in [-0.39, 0.29) is 6.04 Å². The Hall–Kier alpha value is -2.62. The van der Waals surface area contributed by atoms with Gasteiger partial charge in [-0.15, -0.1) is 0 Å². The Morgan fingerprint density at radius 2 is 1.28 bits per heavy atom. The molecule has 4 heteroatoms. The van der Waals surface area contributed by atoms with Gasteiger partial charge in [0, 0.05) is 31.2 Å². The molecule has 1 aliphatic heterocycles. The maximum atomic E-state index is 6.00. The smallest absolute Gasteiger partial charge is 0.0646 e. The van der Waals surface area contributed by atoms with Gasteiger partial charge in [0.15, 0.2) is 0 Å². The lowest BCUT2D eigenvalue weighted by atomic mass is 9.96. The summed E-state index contributed by atoms with van der Waals surface area (Å²) in [6, 6.07) is 29.7. The zero-order valence-electron chi connectivity index (χ0n) is 16.7. The number of benzene rings is 3. The van der Waals surface area contributed by atoms with Gasteiger partial charge in [0.05, 0.1) is 11.8 Å². The zero-order chi connectivity index (χ0) is 20.1. The summed E-state index contributed by atoms with van der Waals surface area (Å²) in [5.74, 6) is 0. The fourth-order valence-corrected chi connectivity index (χ4v) is 4.04. The quantitative estimate of drug-likeness (QED) is 0.526. The van der Waals surface area contributed by atoms with E-state index >= 15 is 0 Å². The molecule has 0 radical (unpaired) electrons. The first-order valence-electron chi connectivity index (χ1n) is 10.1. The van der Waals surface area contributed by atoms with Crippen molar-refractivity contribution >= 4 is 17.3 Å². The van der Waals surface area contributed by atoms with Crippen LogP contribution in [0.2, 0.25) is 5.02 Å². The molecular weight excluding hydrogens is 378 g/mol. The van der Waals surface area contributed by atoms with E-state index in [1.807, 2.05) is 24.3 Å². The van der Waals surface area contributed by atoms with E-state index in [2.05, 4.69) is 77.5 Å². The number of hydrazone groups is 1. The van der Waals surface area contributed by atoms with Crippen LogP contribution in [-0.2, 0) is 0 Å². The van der Waals surface area contributed by atoms with Crippen LogP contribution in [0.25, 0.3) is 0 Å². The van der Waals surface area contributed by atoms with E-state index in [1.165, 1.54) is 11.1 Å². The van der Waals surface area contributed by atoms with Crippen LogP contribution in [0.3, 0.4) is 0 Å². The van der Waals surface area contributed by atoms with Crippen molar-refractivity contribution < 1.29 is 0 Å². The van der Waals surface area contributed by atoms with Crippen LogP contribution in [0.15, 0.2) is 90.0 Å². The Labute approximate surface area is 178 Å². The van der Waals surface area contributed by atoms with Crippen molar-refractivity contribution in [1.82, 2.24) is 9.91 Å². The summed E-state index contributed by atoms with van der Waals surface area (Å²) in [6.07, 6.45) is 0. The van der Waals surface area contributed by atoms with Crippen molar-refractivity contribution in [2.45, 2.75) is 13.0 Å². The maximum Gasteiger partial charge on any atom is 0.0646 e. The average molecular weight is 404 g/mol. The van der Waals surface area contributed by atoms with Crippen LogP contribution in [-0.4, -0.2) is 41.8 Å². The van der Waals surface area contributed by atoms with Crippen LogP contribution < -0.4 is 0 Å². The molecule has 3 aromatic carbocycles. The van der Waals surface area contributed by atoms with Crippen molar-refractivity contribution in [3.8, 4) is 0 Å². The minimum atomic E-state index is 0.279. The second kappa shape index (κ2) is 9.25. The topological polar surface area (TPSA) is 18.8 Å². The maximum absolute atomic E-state index is 6.00. The Morgan fingerprint density at radius 1 is 0.759 bits per heavy atom. The van der Waals surface area contributed by atoms with Gasteiger partial charge in [-0.2, -0.15) is 5.10 Å². The monoisotopic (exact) mass is 403 g/mol. The molecule has 0 atom stereocenters. The first-order chi connectivity index (χ1) is 14.2. The predicted octanol–water partition coefficient (Wildman–Crippen LogP) is 5.47. The SMILES string of the molecule is C/C(=N\N1CCN(C(c2ccccc2)c2ccccc2)CC1)c1ccc(Cl)cc1. The van der Waals surface area contributed by atoms with Crippen molar-refractivity contribution in [2.24, 2.45) is 5.10 Å². The molecule has 0 spiro atoms. The number of rotatable bonds is 5. The second-order valence-corrected chi connectivity index (χ2v) is 7.84. The van der Waals surface area contributed by atoms with Gasteiger partial charge in [0.25, 0.3) is 0 Å². The molecule has 0 saturated carbocycles. The number of hydrogen-bond acceptors (Lipinski definition) is 3. The molecule has 1 fully saturated rings. The molecule has 0 unspecified atom stereocenters. The molecule has 0 aliphatic carbocycles. The molecule has 1 heterocycles. The first-order valence-corrected chi connectivity index (χ1v) is 10.5. The molecule has 148 valence electrons. The number of hydrogen-bond donors (Lipinski definition) is 0. The van der Waals surface area contributed by atoms with E-state index < -0.39 is 0 Å². The molecule has 0 aromatic heterocycles. The Morgan fingerprint density at radius 3 is 1.79 bits per heavy atom. The third-order valence-electron chi connectivity index (χ3n) is 5.44. The summed E-state index contributed by atoms with van der Waals surface area (Å²) in [6.45, 7) is 5.85. The summed E-state index contributed by atoms with van der Waals surface area (Å²) >= 11 is 6.00. The van der Waals surface area contributed by atoms with Crippen molar-refractivity contribution in [1.29, 1.82) is 0 Å². The van der Waals surface area contributed by atoms with E-state index in [1.54, 1.807) is 0 Å². The highest BCUT2D eigenvalue weighted by atomic mass is 35.5. The van der Waals surface area contributed by atoms with Gasteiger partial charge in [-0.3, -0.25) is 9.91 Å². The molecule has 1 saturated heterocycles. The second-order valence-electron chi connectivity index (χ2n) is 7.41. The molecule has 0 amide bonds. The van der Waals surface area contributed by atoms with E-state index in [9.17, 15) is 0 Å². The lowest BCUT2D eigenvalue weighted by Crippen LogP contribution is -2.46. The van der Waals surface area contributed by atoms with Crippen molar-refractivity contribution in [2.75, 3.05) is 26.2 Å². The average Bonchev–Trinajstić information content (AvgIpc) is 2.77. The summed E-state index contributed by atoms with van der Waals surface area (Å²) in [5.41, 5.74) is 4.82. The number of piperazine rings is 1. The molecule has 3 aromatic rings. The van der Waals surface area contributed by atoms with E-state index in [0.29, 0.717) is 0 Å². The van der Waals surface area contributed by atoms with Crippen LogP contribution >= 0.6 is 11.6 Å². The highest BCUT2D eigenvalue weighted by Gasteiger charge is 2.26. The largest absolute Gasteiger partial charge is 0.294 e. The fourth-order valence-electron chi connectivity index (χ4n) is 3.92. The van der Waals surface area contributed by atoms with Gasteiger partial charge in [-0.1, -0.05) is 84.4 Å². The number of halogens is 1. The van der Waals surface area contributed by atoms with Gasteiger partial charge in [-0.25, -0.2) is 0 Å².